The first-order chi connectivity index (χ1) is 13.8. The molecule has 3 heteroatoms. The smallest absolute Gasteiger partial charge is 0.0532 e. The molecule has 28 heavy (non-hydrogen) atoms. The predicted octanol–water partition coefficient (Wildman–Crippen LogP) is 7.01. The van der Waals surface area contributed by atoms with Crippen LogP contribution in [0.4, 0.5) is 11.4 Å². The van der Waals surface area contributed by atoms with E-state index in [2.05, 4.69) is 60.4 Å². The minimum Gasteiger partial charge on any atom is -0.354 e. The number of nitrogens with one attached hydrogen (secondary N) is 1. The van der Waals surface area contributed by atoms with E-state index in [1.807, 2.05) is 18.0 Å². The van der Waals surface area contributed by atoms with Gasteiger partial charge >= 0.3 is 0 Å². The Hall–Kier alpha value is -2.52. The molecule has 0 saturated heterocycles. The summed E-state index contributed by atoms with van der Waals surface area (Å²) >= 11 is 1.82. The van der Waals surface area contributed by atoms with Crippen molar-refractivity contribution in [1.82, 2.24) is 4.98 Å². The molecule has 2 nitrogen and oxygen atoms in total. The Bertz CT molecular complexity index is 1050. The molecule has 5 rings (SSSR count). The van der Waals surface area contributed by atoms with Crippen LogP contribution in [0.1, 0.15) is 48.1 Å². The van der Waals surface area contributed by atoms with Crippen molar-refractivity contribution in [3.8, 4) is 0 Å². The highest BCUT2D eigenvalue weighted by molar-refractivity contribution is 7.99. The average molecular weight is 385 g/mol. The maximum Gasteiger partial charge on any atom is 0.0532 e. The molecule has 0 unspecified atom stereocenters. The van der Waals surface area contributed by atoms with Crippen molar-refractivity contribution in [3.05, 3.63) is 83.7 Å². The van der Waals surface area contributed by atoms with Gasteiger partial charge in [0.1, 0.15) is 0 Å². The maximum absolute atomic E-state index is 4.80. The molecule has 0 bridgehead atoms. The molecule has 0 saturated carbocycles. The van der Waals surface area contributed by atoms with E-state index in [0.29, 0.717) is 0 Å². The Morgan fingerprint density at radius 1 is 0.857 bits per heavy atom. The number of para-hydroxylation sites is 1. The zero-order valence-corrected chi connectivity index (χ0v) is 16.8. The summed E-state index contributed by atoms with van der Waals surface area (Å²) in [6, 6.07) is 17.4. The Labute approximate surface area is 171 Å². The number of aryl methyl sites for hydroxylation is 2. The van der Waals surface area contributed by atoms with Crippen LogP contribution in [0.15, 0.2) is 71.1 Å². The fourth-order valence-corrected chi connectivity index (χ4v) is 5.07. The Morgan fingerprint density at radius 2 is 1.68 bits per heavy atom. The lowest BCUT2D eigenvalue weighted by Gasteiger charge is -2.22. The normalized spacial score (nSPS) is 15.3. The van der Waals surface area contributed by atoms with Crippen LogP contribution in [0.3, 0.4) is 0 Å². The zero-order chi connectivity index (χ0) is 18.9. The largest absolute Gasteiger partial charge is 0.354 e. The molecule has 0 atom stereocenters. The molecule has 0 spiro atoms. The molecule has 1 N–H and O–H groups in total. The van der Waals surface area contributed by atoms with E-state index >= 15 is 0 Å². The van der Waals surface area contributed by atoms with Crippen molar-refractivity contribution in [2.75, 3.05) is 5.32 Å². The number of nitrogens with zero attached hydrogens (tertiary/aromatic N) is 1. The van der Waals surface area contributed by atoms with Crippen molar-refractivity contribution in [2.45, 2.75) is 48.3 Å². The van der Waals surface area contributed by atoms with Gasteiger partial charge in [-0.3, -0.25) is 4.98 Å². The number of benzene rings is 2. The SMILES string of the molecule is C=C(c1cnc2c(c1)CCCCCC2)c1ccc2c(c1)Nc1ccccc1S2. The molecule has 2 aliphatic rings. The van der Waals surface area contributed by atoms with Gasteiger partial charge in [-0.05, 0) is 72.7 Å². The van der Waals surface area contributed by atoms with Crippen molar-refractivity contribution < 1.29 is 0 Å². The Morgan fingerprint density at radius 3 is 2.61 bits per heavy atom. The van der Waals surface area contributed by atoms with Gasteiger partial charge in [0.25, 0.3) is 0 Å². The third-order valence-corrected chi connectivity index (χ3v) is 6.87. The van der Waals surface area contributed by atoms with Crippen LogP contribution in [0.5, 0.6) is 0 Å². The van der Waals surface area contributed by atoms with E-state index < -0.39 is 0 Å². The minimum atomic E-state index is 1.05. The fraction of sp³-hybridized carbons (Fsp3) is 0.240. The van der Waals surface area contributed by atoms with E-state index in [1.165, 1.54) is 52.4 Å². The maximum atomic E-state index is 4.80. The van der Waals surface area contributed by atoms with Crippen molar-refractivity contribution >= 4 is 28.7 Å². The molecule has 2 heterocycles. The zero-order valence-electron chi connectivity index (χ0n) is 16.0. The first-order valence-corrected chi connectivity index (χ1v) is 10.9. The van der Waals surface area contributed by atoms with E-state index in [4.69, 9.17) is 4.98 Å². The molecule has 3 aromatic rings. The van der Waals surface area contributed by atoms with E-state index in [9.17, 15) is 0 Å². The molecule has 0 amide bonds. The highest BCUT2D eigenvalue weighted by atomic mass is 32.2. The van der Waals surface area contributed by atoms with Crippen LogP contribution in [0.2, 0.25) is 0 Å². The second kappa shape index (κ2) is 7.48. The lowest BCUT2D eigenvalue weighted by Crippen LogP contribution is -2.04. The summed E-state index contributed by atoms with van der Waals surface area (Å²) in [5.41, 5.74) is 8.37. The number of hydrogen-bond donors (Lipinski definition) is 1. The van der Waals surface area contributed by atoms with Gasteiger partial charge < -0.3 is 5.32 Å². The Kier molecular flexibility index (Phi) is 4.69. The van der Waals surface area contributed by atoms with E-state index in [-0.39, 0.29) is 0 Å². The van der Waals surface area contributed by atoms with E-state index in [0.717, 1.165) is 35.2 Å². The molecule has 1 aromatic heterocycles. The third kappa shape index (κ3) is 3.35. The van der Waals surface area contributed by atoms with Gasteiger partial charge in [-0.15, -0.1) is 0 Å². The van der Waals surface area contributed by atoms with Crippen LogP contribution in [0, 0.1) is 0 Å². The molecule has 1 aliphatic carbocycles. The number of hydrogen-bond acceptors (Lipinski definition) is 3. The van der Waals surface area contributed by atoms with Crippen LogP contribution in [-0.4, -0.2) is 4.98 Å². The molecule has 2 aromatic carbocycles. The molecule has 140 valence electrons. The summed E-state index contributed by atoms with van der Waals surface area (Å²) in [5.74, 6) is 0. The van der Waals surface area contributed by atoms with E-state index in [1.54, 1.807) is 0 Å². The van der Waals surface area contributed by atoms with Crippen LogP contribution in [0.25, 0.3) is 5.57 Å². The van der Waals surface area contributed by atoms with Gasteiger partial charge in [0.05, 0.1) is 11.4 Å². The van der Waals surface area contributed by atoms with Gasteiger partial charge in [-0.1, -0.05) is 49.4 Å². The lowest BCUT2D eigenvalue weighted by atomic mass is 9.93. The average Bonchev–Trinajstić information content (AvgIpc) is 2.71. The molecular formula is C25H24N2S. The number of anilines is 2. The summed E-state index contributed by atoms with van der Waals surface area (Å²) < 4.78 is 0. The predicted molar refractivity (Wildman–Crippen MR) is 119 cm³/mol. The molecule has 0 fully saturated rings. The third-order valence-electron chi connectivity index (χ3n) is 5.72. The summed E-state index contributed by atoms with van der Waals surface area (Å²) in [4.78, 5) is 7.33. The number of pyridine rings is 1. The van der Waals surface area contributed by atoms with Crippen LogP contribution in [-0.2, 0) is 12.8 Å². The summed E-state index contributed by atoms with van der Waals surface area (Å²) in [6.45, 7) is 4.40. The highest BCUT2D eigenvalue weighted by Crippen LogP contribution is 2.44. The second-order valence-corrected chi connectivity index (χ2v) is 8.74. The van der Waals surface area contributed by atoms with Gasteiger partial charge in [0.15, 0.2) is 0 Å². The minimum absolute atomic E-state index is 1.05. The highest BCUT2D eigenvalue weighted by Gasteiger charge is 2.17. The van der Waals surface area contributed by atoms with Crippen molar-refractivity contribution in [3.63, 3.8) is 0 Å². The first-order valence-electron chi connectivity index (χ1n) is 10.1. The molecular weight excluding hydrogens is 360 g/mol. The summed E-state index contributed by atoms with van der Waals surface area (Å²) in [6.07, 6.45) is 9.46. The molecule has 0 radical (unpaired) electrons. The second-order valence-electron chi connectivity index (χ2n) is 7.66. The van der Waals surface area contributed by atoms with Crippen molar-refractivity contribution in [1.29, 1.82) is 0 Å². The molecule has 1 aliphatic heterocycles. The standard InChI is InChI=1S/C25H24N2S/c1-17(20-14-19-8-4-2-3-5-9-21(19)26-16-20)18-12-13-25-23(15-18)27-22-10-6-7-11-24(22)28-25/h6-7,10-16,27H,1-5,8-9H2. The lowest BCUT2D eigenvalue weighted by molar-refractivity contribution is 0.608. The monoisotopic (exact) mass is 384 g/mol. The summed E-state index contributed by atoms with van der Waals surface area (Å²) in [7, 11) is 0. The fourth-order valence-electron chi connectivity index (χ4n) is 4.10. The Balaban J connectivity index is 1.44. The van der Waals surface area contributed by atoms with Gasteiger partial charge in [-0.25, -0.2) is 0 Å². The van der Waals surface area contributed by atoms with Crippen LogP contribution >= 0.6 is 11.8 Å². The number of aromatic nitrogens is 1. The topological polar surface area (TPSA) is 24.9 Å². The van der Waals surface area contributed by atoms with Gasteiger partial charge in [0.2, 0.25) is 0 Å². The first kappa shape index (κ1) is 17.6. The van der Waals surface area contributed by atoms with Gasteiger partial charge in [0, 0.05) is 27.2 Å². The summed E-state index contributed by atoms with van der Waals surface area (Å²) in [5, 5.41) is 3.57. The number of fused-ring (bicyclic) bond motifs is 3. The van der Waals surface area contributed by atoms with Gasteiger partial charge in [-0.2, -0.15) is 0 Å². The quantitative estimate of drug-likeness (QED) is 0.402. The van der Waals surface area contributed by atoms with Crippen molar-refractivity contribution in [2.24, 2.45) is 0 Å². The van der Waals surface area contributed by atoms with Crippen LogP contribution < -0.4 is 5.32 Å². The number of rotatable bonds is 2.